The van der Waals surface area contributed by atoms with Crippen LogP contribution in [-0.2, 0) is 0 Å². The molecule has 0 unspecified atom stereocenters. The lowest BCUT2D eigenvalue weighted by molar-refractivity contribution is 0.669. The number of aromatic nitrogens is 4. The number of nitrogens with zero attached hydrogens (tertiary/aromatic N) is 4. The van der Waals surface area contributed by atoms with Crippen LogP contribution in [0.3, 0.4) is 0 Å². The van der Waals surface area contributed by atoms with Crippen molar-refractivity contribution in [3.8, 4) is 62.1 Å². The molecule has 3 aromatic heterocycles. The van der Waals surface area contributed by atoms with Crippen molar-refractivity contribution in [3.05, 3.63) is 206 Å². The molecular weight excluding hydrogens is 733 g/mol. The summed E-state index contributed by atoms with van der Waals surface area (Å²) in [5, 5.41) is 6.75. The molecule has 0 amide bonds. The Bertz CT molecular complexity index is 3470. The van der Waals surface area contributed by atoms with Gasteiger partial charge in [-0.25, -0.2) is 4.98 Å². The fourth-order valence-corrected chi connectivity index (χ4v) is 8.69. The molecule has 0 saturated heterocycles. The van der Waals surface area contributed by atoms with E-state index in [2.05, 4.69) is 187 Å². The van der Waals surface area contributed by atoms with Crippen LogP contribution in [0.15, 0.2) is 211 Å². The highest BCUT2D eigenvalue weighted by atomic mass is 16.3. The zero-order valence-electron chi connectivity index (χ0n) is 32.3. The van der Waals surface area contributed by atoms with E-state index in [4.69, 9.17) is 19.4 Å². The van der Waals surface area contributed by atoms with E-state index in [9.17, 15) is 0 Å². The van der Waals surface area contributed by atoms with Crippen LogP contribution in [0.4, 0.5) is 0 Å². The predicted molar refractivity (Wildman–Crippen MR) is 246 cm³/mol. The van der Waals surface area contributed by atoms with Gasteiger partial charge in [-0.2, -0.15) is 9.97 Å². The van der Waals surface area contributed by atoms with Gasteiger partial charge in [0.05, 0.1) is 11.0 Å². The van der Waals surface area contributed by atoms with E-state index >= 15 is 0 Å². The van der Waals surface area contributed by atoms with Crippen LogP contribution in [0.25, 0.3) is 117 Å². The molecule has 280 valence electrons. The average Bonchev–Trinajstić information content (AvgIpc) is 3.86. The van der Waals surface area contributed by atoms with Crippen molar-refractivity contribution in [3.63, 3.8) is 0 Å². The second-order valence-electron chi connectivity index (χ2n) is 15.2. The summed E-state index contributed by atoms with van der Waals surface area (Å²) in [4.78, 5) is 15.9. The number of fused-ring (bicyclic) bond motifs is 7. The molecule has 9 aromatic carbocycles. The van der Waals surface area contributed by atoms with Crippen LogP contribution in [0, 0.1) is 0 Å². The zero-order valence-corrected chi connectivity index (χ0v) is 32.3. The fourth-order valence-electron chi connectivity index (χ4n) is 8.69. The molecule has 5 heteroatoms. The molecule has 0 aliphatic carbocycles. The third kappa shape index (κ3) is 5.67. The Morgan fingerprint density at radius 1 is 0.333 bits per heavy atom. The van der Waals surface area contributed by atoms with Gasteiger partial charge in [-0.15, -0.1) is 0 Å². The minimum atomic E-state index is 0.543. The predicted octanol–water partition coefficient (Wildman–Crippen LogP) is 14.4. The maximum Gasteiger partial charge on any atom is 0.238 e. The van der Waals surface area contributed by atoms with Crippen molar-refractivity contribution in [1.29, 1.82) is 0 Å². The van der Waals surface area contributed by atoms with Crippen LogP contribution >= 0.6 is 0 Å². The number of hydrogen-bond donors (Lipinski definition) is 0. The molecule has 60 heavy (non-hydrogen) atoms. The molecule has 0 bridgehead atoms. The van der Waals surface area contributed by atoms with E-state index < -0.39 is 0 Å². The Balaban J connectivity index is 1.12. The van der Waals surface area contributed by atoms with Crippen LogP contribution in [-0.4, -0.2) is 19.5 Å². The lowest BCUT2D eigenvalue weighted by atomic mass is 10.00. The molecule has 5 nitrogen and oxygen atoms in total. The lowest BCUT2D eigenvalue weighted by Crippen LogP contribution is -2.07. The second kappa shape index (κ2) is 13.8. The molecule has 0 fully saturated rings. The molecule has 0 aliphatic heterocycles. The Morgan fingerprint density at radius 2 is 0.850 bits per heavy atom. The molecule has 0 atom stereocenters. The Hall–Kier alpha value is -8.15. The summed E-state index contributed by atoms with van der Waals surface area (Å²) in [7, 11) is 0. The van der Waals surface area contributed by atoms with E-state index in [1.54, 1.807) is 0 Å². The van der Waals surface area contributed by atoms with Crippen LogP contribution < -0.4 is 0 Å². The highest BCUT2D eigenvalue weighted by Crippen LogP contribution is 2.41. The minimum Gasteiger partial charge on any atom is -0.456 e. The third-order valence-corrected chi connectivity index (χ3v) is 11.7. The zero-order chi connectivity index (χ0) is 39.6. The van der Waals surface area contributed by atoms with Crippen molar-refractivity contribution in [2.75, 3.05) is 0 Å². The van der Waals surface area contributed by atoms with E-state index in [0.717, 1.165) is 93.6 Å². The molecule has 12 rings (SSSR count). The van der Waals surface area contributed by atoms with Crippen LogP contribution in [0.2, 0.25) is 0 Å². The first-order chi connectivity index (χ1) is 29.7. The monoisotopic (exact) mass is 766 g/mol. The smallest absolute Gasteiger partial charge is 0.238 e. The lowest BCUT2D eigenvalue weighted by Gasteiger charge is -2.13. The molecule has 3 heterocycles. The number of furan rings is 1. The molecule has 0 saturated carbocycles. The normalized spacial score (nSPS) is 11.7. The van der Waals surface area contributed by atoms with Gasteiger partial charge in [0.15, 0.2) is 11.6 Å². The highest BCUT2D eigenvalue weighted by molar-refractivity contribution is 6.17. The Morgan fingerprint density at radius 3 is 1.52 bits per heavy atom. The summed E-state index contributed by atoms with van der Waals surface area (Å²) in [6.07, 6.45) is 0. The maximum atomic E-state index is 6.42. The largest absolute Gasteiger partial charge is 0.456 e. The second-order valence-corrected chi connectivity index (χ2v) is 15.2. The first-order valence-electron chi connectivity index (χ1n) is 20.2. The van der Waals surface area contributed by atoms with Gasteiger partial charge in [0.25, 0.3) is 0 Å². The fraction of sp³-hybridized carbons (Fsp3) is 0. The number of para-hydroxylation sites is 2. The minimum absolute atomic E-state index is 0.543. The standard InChI is InChI=1S/C55H34N4O/c1-3-12-35(13-4-1)37-22-26-39(27-23-37)53-56-54(40-28-24-38(25-29-40)36-14-5-2-6-15-36)58-55(57-53)59-49-33-42-17-8-7-16-41(42)32-48(49)47-20-11-19-44(52(47)59)43-30-31-46-45-18-9-10-21-50(45)60-51(46)34-43/h1-34H. The van der Waals surface area contributed by atoms with Crippen LogP contribution in [0.1, 0.15) is 0 Å². The van der Waals surface area contributed by atoms with Gasteiger partial charge in [-0.05, 0) is 68.9 Å². The highest BCUT2D eigenvalue weighted by Gasteiger charge is 2.22. The number of hydrogen-bond acceptors (Lipinski definition) is 4. The molecule has 0 spiro atoms. The molecule has 0 radical (unpaired) electrons. The number of rotatable bonds is 6. The Kier molecular flexibility index (Phi) is 7.78. The summed E-state index contributed by atoms with van der Waals surface area (Å²) >= 11 is 0. The van der Waals surface area contributed by atoms with Gasteiger partial charge in [0.2, 0.25) is 5.95 Å². The summed E-state index contributed by atoms with van der Waals surface area (Å²) in [5.74, 6) is 1.74. The van der Waals surface area contributed by atoms with Gasteiger partial charge in [0, 0.05) is 38.2 Å². The van der Waals surface area contributed by atoms with Gasteiger partial charge < -0.3 is 4.42 Å². The SMILES string of the molecule is c1ccc(-c2ccc(-c3nc(-c4ccc(-c5ccccc5)cc4)nc(-n4c5cc6ccccc6cc5c5cccc(-c6ccc7c(c6)oc6ccccc67)c54)n3)cc2)cc1. The van der Waals surface area contributed by atoms with E-state index in [0.29, 0.717) is 17.6 Å². The van der Waals surface area contributed by atoms with Crippen molar-refractivity contribution < 1.29 is 4.42 Å². The summed E-state index contributed by atoms with van der Waals surface area (Å²) in [6, 6.07) is 72.2. The van der Waals surface area contributed by atoms with Crippen molar-refractivity contribution in [1.82, 2.24) is 19.5 Å². The quantitative estimate of drug-likeness (QED) is 0.169. The van der Waals surface area contributed by atoms with E-state index in [1.807, 2.05) is 24.3 Å². The number of benzene rings is 9. The molecular formula is C55H34N4O. The maximum absolute atomic E-state index is 6.42. The summed E-state index contributed by atoms with van der Waals surface area (Å²) in [5.41, 5.74) is 12.2. The van der Waals surface area contributed by atoms with E-state index in [1.165, 1.54) is 5.39 Å². The topological polar surface area (TPSA) is 56.7 Å². The van der Waals surface area contributed by atoms with Crippen molar-refractivity contribution in [2.45, 2.75) is 0 Å². The first kappa shape index (κ1) is 33.9. The van der Waals surface area contributed by atoms with Gasteiger partial charge in [-0.3, -0.25) is 4.57 Å². The van der Waals surface area contributed by atoms with E-state index in [-0.39, 0.29) is 0 Å². The molecule has 0 aliphatic rings. The van der Waals surface area contributed by atoms with Gasteiger partial charge in [-0.1, -0.05) is 176 Å². The summed E-state index contributed by atoms with van der Waals surface area (Å²) in [6.45, 7) is 0. The molecule has 0 N–H and O–H groups in total. The van der Waals surface area contributed by atoms with Gasteiger partial charge in [0.1, 0.15) is 11.2 Å². The third-order valence-electron chi connectivity index (χ3n) is 11.7. The average molecular weight is 767 g/mol. The van der Waals surface area contributed by atoms with Crippen LogP contribution in [0.5, 0.6) is 0 Å². The summed E-state index contributed by atoms with van der Waals surface area (Å²) < 4.78 is 8.65. The Labute approximate surface area is 345 Å². The first-order valence-corrected chi connectivity index (χ1v) is 20.2. The van der Waals surface area contributed by atoms with Crippen molar-refractivity contribution >= 4 is 54.5 Å². The molecule has 12 aromatic rings. The van der Waals surface area contributed by atoms with Gasteiger partial charge >= 0.3 is 0 Å². The van der Waals surface area contributed by atoms with Crippen molar-refractivity contribution in [2.24, 2.45) is 0 Å².